The average Bonchev–Trinajstić information content (AvgIpc) is 2.83. The van der Waals surface area contributed by atoms with Gasteiger partial charge in [-0.25, -0.2) is 0 Å². The Morgan fingerprint density at radius 3 is 1.94 bits per heavy atom. The van der Waals surface area contributed by atoms with Gasteiger partial charge >= 0.3 is 59.1 Å². The van der Waals surface area contributed by atoms with E-state index in [0.29, 0.717) is 37.3 Å². The number of ketones is 1. The Labute approximate surface area is 258 Å². The van der Waals surface area contributed by atoms with Crippen LogP contribution in [0, 0.1) is 0 Å². The minimum atomic E-state index is -1.29. The zero-order valence-electron chi connectivity index (χ0n) is 22.1. The fourth-order valence-corrected chi connectivity index (χ4v) is 4.41. The van der Waals surface area contributed by atoms with Gasteiger partial charge < -0.3 is 24.8 Å². The van der Waals surface area contributed by atoms with Crippen molar-refractivity contribution in [2.75, 3.05) is 31.1 Å². The first-order valence-corrected chi connectivity index (χ1v) is 11.7. The molecule has 178 valence electrons. The third kappa shape index (κ3) is 6.94. The fourth-order valence-electron chi connectivity index (χ4n) is 4.41. The molecular weight excluding hydrogens is 474 g/mol. The predicted octanol–water partition coefficient (Wildman–Crippen LogP) is -2.86. The summed E-state index contributed by atoms with van der Waals surface area (Å²) in [4.78, 5) is 28.6. The number of anilines is 1. The number of benzene rings is 2. The third-order valence-electron chi connectivity index (χ3n) is 6.10. The molecule has 0 aliphatic heterocycles. The van der Waals surface area contributed by atoms with Crippen molar-refractivity contribution in [2.45, 2.75) is 27.7 Å². The number of carbonyl (C=O) groups excluding carboxylic acids is 2. The summed E-state index contributed by atoms with van der Waals surface area (Å²) in [7, 11) is 0. The second-order valence-corrected chi connectivity index (χ2v) is 7.91. The molecule has 0 spiro atoms. The summed E-state index contributed by atoms with van der Waals surface area (Å²) in [6, 6.07) is 11.5. The fraction of sp³-hybridized carbons (Fsp3) is 0.286. The monoisotopic (exact) mass is 504 g/mol. The molecule has 0 saturated carbocycles. The first-order valence-electron chi connectivity index (χ1n) is 11.7. The minimum absolute atomic E-state index is 0. The number of allylic oxidation sites excluding steroid dienone is 3. The number of rotatable bonds is 9. The van der Waals surface area contributed by atoms with Crippen LogP contribution in [-0.2, 0) is 4.79 Å². The van der Waals surface area contributed by atoms with E-state index in [1.165, 1.54) is 18.2 Å². The largest absolute Gasteiger partial charge is 1.00 e. The summed E-state index contributed by atoms with van der Waals surface area (Å²) in [6.45, 7) is 10.7. The van der Waals surface area contributed by atoms with E-state index in [-0.39, 0.29) is 76.2 Å². The van der Waals surface area contributed by atoms with Crippen LogP contribution in [0.15, 0.2) is 72.0 Å². The predicted molar refractivity (Wildman–Crippen MR) is 131 cm³/mol. The Hall–Kier alpha value is -1.80. The zero-order valence-corrected chi connectivity index (χ0v) is 26.1. The summed E-state index contributed by atoms with van der Waals surface area (Å²) in [5.74, 6) is -1.54. The van der Waals surface area contributed by atoms with Crippen molar-refractivity contribution in [1.82, 2.24) is 4.90 Å². The molecule has 3 rings (SSSR count). The Morgan fingerprint density at radius 2 is 1.39 bits per heavy atom. The van der Waals surface area contributed by atoms with E-state index in [0.717, 1.165) is 22.5 Å². The molecule has 1 aliphatic rings. The molecule has 0 atom stereocenters. The van der Waals surface area contributed by atoms with Crippen molar-refractivity contribution in [1.29, 1.82) is 0 Å². The summed E-state index contributed by atoms with van der Waals surface area (Å²) in [6.07, 6.45) is 4.82. The maximum Gasteiger partial charge on any atom is 1.00 e. The summed E-state index contributed by atoms with van der Waals surface area (Å²) < 4.78 is 0. The van der Waals surface area contributed by atoms with Crippen LogP contribution >= 0.6 is 0 Å². The first kappa shape index (κ1) is 32.2. The number of aromatic carboxylic acids is 1. The molecule has 0 aromatic heterocycles. The van der Waals surface area contributed by atoms with Gasteiger partial charge in [-0.2, -0.15) is 0 Å². The molecule has 0 heterocycles. The van der Waals surface area contributed by atoms with Crippen molar-refractivity contribution >= 4 is 23.0 Å². The van der Waals surface area contributed by atoms with E-state index in [4.69, 9.17) is 0 Å². The van der Waals surface area contributed by atoms with Crippen LogP contribution in [0.1, 0.15) is 49.2 Å². The molecule has 8 heteroatoms. The standard InChI is InChI=1S/C28H32N2O4.2Na/c1-5-29(6-2)25-17-19(31)13-15-23(25)27(21-11-9-10-12-22(21)28(33)34)24-16-14-20(32)18-26(24)30(7-3)8-4;;/h9-18,31H,5-8H2,1-4H3,(H,33,34);;/q;2*+1/p-2/b27-24-;;. The van der Waals surface area contributed by atoms with Gasteiger partial charge in [0.05, 0.1) is 5.97 Å². The maximum absolute atomic E-state index is 12.4. The molecule has 0 amide bonds. The second kappa shape index (κ2) is 14.8. The van der Waals surface area contributed by atoms with Gasteiger partial charge in [0.1, 0.15) is 0 Å². The molecule has 0 saturated heterocycles. The Bertz CT molecular complexity index is 1180. The van der Waals surface area contributed by atoms with E-state index in [1.54, 1.807) is 42.5 Å². The van der Waals surface area contributed by atoms with E-state index in [1.807, 2.05) is 27.7 Å². The topological polar surface area (TPSA) is 86.7 Å². The average molecular weight is 505 g/mol. The second-order valence-electron chi connectivity index (χ2n) is 7.91. The maximum atomic E-state index is 12.4. The summed E-state index contributed by atoms with van der Waals surface area (Å²) >= 11 is 0. The SMILES string of the molecule is CCN(CC)C1=CC(=O)C=C/C1=C(\c1ccccc1C(=O)[O-])c1ccc([O-])cc1N(CC)CC.[Na+].[Na+]. The van der Waals surface area contributed by atoms with Gasteiger partial charge in [0, 0.05) is 65.9 Å². The van der Waals surface area contributed by atoms with Crippen molar-refractivity contribution in [3.05, 3.63) is 88.7 Å². The number of hydrogen-bond acceptors (Lipinski definition) is 6. The summed E-state index contributed by atoms with van der Waals surface area (Å²) in [5.41, 5.74) is 4.05. The van der Waals surface area contributed by atoms with Gasteiger partial charge in [-0.15, -0.1) is 5.75 Å². The van der Waals surface area contributed by atoms with Gasteiger partial charge in [0.25, 0.3) is 0 Å². The molecule has 0 N–H and O–H groups in total. The number of carboxylic acid groups (broad SMARTS) is 1. The number of carbonyl (C=O) groups is 2. The number of hydrogen-bond donors (Lipinski definition) is 0. The number of nitrogens with zero attached hydrogens (tertiary/aromatic N) is 2. The quantitative estimate of drug-likeness (QED) is 0.342. The van der Waals surface area contributed by atoms with Gasteiger partial charge in [0.15, 0.2) is 5.78 Å². The number of likely N-dealkylation sites (N-methyl/N-ethyl adjacent to an activating group) is 1. The molecule has 2 aromatic rings. The molecule has 6 nitrogen and oxygen atoms in total. The molecule has 0 radical (unpaired) electrons. The molecular formula is C28H30N2Na2O4. The molecule has 1 aliphatic carbocycles. The normalized spacial score (nSPS) is 13.8. The molecule has 36 heavy (non-hydrogen) atoms. The molecule has 0 unspecified atom stereocenters. The Balaban J connectivity index is 0.00000324. The van der Waals surface area contributed by atoms with Crippen LogP contribution in [0.3, 0.4) is 0 Å². The minimum Gasteiger partial charge on any atom is -0.872 e. The van der Waals surface area contributed by atoms with Gasteiger partial charge in [0.2, 0.25) is 0 Å². The van der Waals surface area contributed by atoms with Crippen molar-refractivity contribution < 1.29 is 78.9 Å². The van der Waals surface area contributed by atoms with Crippen molar-refractivity contribution in [2.24, 2.45) is 0 Å². The zero-order chi connectivity index (χ0) is 24.8. The smallest absolute Gasteiger partial charge is 0.872 e. The molecule has 0 bridgehead atoms. The van der Waals surface area contributed by atoms with Gasteiger partial charge in [-0.3, -0.25) is 4.79 Å². The van der Waals surface area contributed by atoms with Crippen LogP contribution in [0.2, 0.25) is 0 Å². The van der Waals surface area contributed by atoms with E-state index in [2.05, 4.69) is 9.80 Å². The van der Waals surface area contributed by atoms with Crippen molar-refractivity contribution in [3.8, 4) is 5.75 Å². The number of carboxylic acids is 1. The van der Waals surface area contributed by atoms with E-state index < -0.39 is 5.97 Å². The van der Waals surface area contributed by atoms with Crippen LogP contribution in [-0.4, -0.2) is 42.8 Å². The molecule has 0 fully saturated rings. The Morgan fingerprint density at radius 1 is 0.806 bits per heavy atom. The summed E-state index contributed by atoms with van der Waals surface area (Å²) in [5, 5.41) is 24.5. The molecule has 2 aromatic carbocycles. The van der Waals surface area contributed by atoms with Crippen LogP contribution < -0.4 is 74.2 Å². The van der Waals surface area contributed by atoms with Crippen molar-refractivity contribution in [3.63, 3.8) is 0 Å². The third-order valence-corrected chi connectivity index (χ3v) is 6.10. The van der Waals surface area contributed by atoms with Gasteiger partial charge in [-0.05, 0) is 51.5 Å². The van der Waals surface area contributed by atoms with E-state index in [9.17, 15) is 19.8 Å². The van der Waals surface area contributed by atoms with Gasteiger partial charge in [-0.1, -0.05) is 36.4 Å². The van der Waals surface area contributed by atoms with Crippen LogP contribution in [0.4, 0.5) is 5.69 Å². The van der Waals surface area contributed by atoms with Crippen LogP contribution in [0.5, 0.6) is 5.75 Å². The Kier molecular flexibility index (Phi) is 13.3. The van der Waals surface area contributed by atoms with E-state index >= 15 is 0 Å². The first-order chi connectivity index (χ1) is 16.4. The van der Waals surface area contributed by atoms with Crippen LogP contribution in [0.25, 0.3) is 5.57 Å².